The van der Waals surface area contributed by atoms with Crippen molar-refractivity contribution in [2.75, 3.05) is 39.9 Å². The number of hydrogen-bond acceptors (Lipinski definition) is 6. The summed E-state index contributed by atoms with van der Waals surface area (Å²) in [4.78, 5) is 18.4. The van der Waals surface area contributed by atoms with E-state index in [9.17, 15) is 0 Å². The van der Waals surface area contributed by atoms with Crippen LogP contribution in [0.2, 0.25) is 0 Å². The normalized spacial score (nSPS) is 27.8. The van der Waals surface area contributed by atoms with E-state index in [1.165, 1.54) is 79.6 Å². The molecule has 7 heteroatoms. The Bertz CT molecular complexity index is 1080. The second kappa shape index (κ2) is 9.45. The number of aromatic amines is 1. The Morgan fingerprint density at radius 1 is 1.06 bits per heavy atom. The van der Waals surface area contributed by atoms with Crippen LogP contribution in [0.15, 0.2) is 23.8 Å². The fourth-order valence-corrected chi connectivity index (χ4v) is 7.16. The number of nitrogens with one attached hydrogen (secondary N) is 1. The van der Waals surface area contributed by atoms with Gasteiger partial charge >= 0.3 is 0 Å². The summed E-state index contributed by atoms with van der Waals surface area (Å²) in [6.07, 6.45) is 12.9. The van der Waals surface area contributed by atoms with Crippen LogP contribution in [0.25, 0.3) is 22.3 Å². The summed E-state index contributed by atoms with van der Waals surface area (Å²) in [6, 6.07) is 3.60. The zero-order valence-corrected chi connectivity index (χ0v) is 20.4. The summed E-state index contributed by atoms with van der Waals surface area (Å²) >= 11 is 1.80. The molecule has 0 spiro atoms. The van der Waals surface area contributed by atoms with E-state index in [4.69, 9.17) is 14.7 Å². The Morgan fingerprint density at radius 2 is 1.97 bits per heavy atom. The van der Waals surface area contributed by atoms with Crippen molar-refractivity contribution in [1.82, 2.24) is 24.8 Å². The van der Waals surface area contributed by atoms with Crippen LogP contribution in [0.5, 0.6) is 0 Å². The summed E-state index contributed by atoms with van der Waals surface area (Å²) in [7, 11) is 2.22. The maximum absolute atomic E-state index is 5.66. The average molecular weight is 466 g/mol. The first-order valence-electron chi connectivity index (χ1n) is 12.7. The lowest BCUT2D eigenvalue weighted by molar-refractivity contribution is 0.118. The molecule has 6 nitrogen and oxygen atoms in total. The van der Waals surface area contributed by atoms with Crippen molar-refractivity contribution in [2.45, 2.75) is 62.9 Å². The molecule has 2 aliphatic heterocycles. The van der Waals surface area contributed by atoms with Gasteiger partial charge in [-0.3, -0.25) is 9.80 Å². The van der Waals surface area contributed by atoms with Crippen LogP contribution in [0.1, 0.15) is 67.5 Å². The van der Waals surface area contributed by atoms with Crippen LogP contribution in [0.4, 0.5) is 0 Å². The highest BCUT2D eigenvalue weighted by molar-refractivity contribution is 7.10. The van der Waals surface area contributed by atoms with Crippen LogP contribution in [-0.4, -0.2) is 70.7 Å². The summed E-state index contributed by atoms with van der Waals surface area (Å²) in [5.74, 6) is 0.613. The lowest BCUT2D eigenvalue weighted by Crippen LogP contribution is -2.39. The maximum atomic E-state index is 5.66. The Labute approximate surface area is 200 Å². The highest BCUT2D eigenvalue weighted by Crippen LogP contribution is 2.39. The Balaban J connectivity index is 1.19. The van der Waals surface area contributed by atoms with Gasteiger partial charge in [-0.2, -0.15) is 0 Å². The van der Waals surface area contributed by atoms with Gasteiger partial charge < -0.3 is 9.72 Å². The summed E-state index contributed by atoms with van der Waals surface area (Å²) < 4.78 is 5.66. The smallest absolute Gasteiger partial charge is 0.137 e. The Kier molecular flexibility index (Phi) is 6.22. The van der Waals surface area contributed by atoms with Crippen molar-refractivity contribution in [1.29, 1.82) is 0 Å². The Hall–Kier alpha value is -1.80. The second-order valence-electron chi connectivity index (χ2n) is 10.1. The van der Waals surface area contributed by atoms with E-state index in [-0.39, 0.29) is 0 Å². The molecule has 1 atom stereocenters. The first-order valence-corrected chi connectivity index (χ1v) is 13.6. The summed E-state index contributed by atoms with van der Waals surface area (Å²) in [6.45, 7) is 5.29. The largest absolute Gasteiger partial charge is 0.380 e. The molecular formula is C26H35N5OS. The van der Waals surface area contributed by atoms with Crippen LogP contribution in [0.3, 0.4) is 0 Å². The first kappa shape index (κ1) is 21.7. The fourth-order valence-electron chi connectivity index (χ4n) is 6.15. The van der Waals surface area contributed by atoms with Crippen LogP contribution in [-0.2, 0) is 4.74 Å². The number of pyridine rings is 1. The molecule has 1 N–H and O–H groups in total. The van der Waals surface area contributed by atoms with E-state index in [2.05, 4.69) is 45.7 Å². The monoisotopic (exact) mass is 465 g/mol. The molecule has 0 radical (unpaired) electrons. The maximum Gasteiger partial charge on any atom is 0.137 e. The number of ether oxygens (including phenoxy) is 1. The number of aromatic nitrogens is 3. The van der Waals surface area contributed by atoms with Crippen molar-refractivity contribution in [3.63, 3.8) is 0 Å². The third kappa shape index (κ3) is 4.36. The van der Waals surface area contributed by atoms with Crippen LogP contribution in [0, 0.1) is 0 Å². The molecule has 0 amide bonds. The van der Waals surface area contributed by atoms with Gasteiger partial charge in [0.1, 0.15) is 10.7 Å². The molecule has 0 aromatic carbocycles. The van der Waals surface area contributed by atoms with Gasteiger partial charge in [-0.05, 0) is 76.1 Å². The fraction of sp³-hybridized carbons (Fsp3) is 0.615. The van der Waals surface area contributed by atoms with Crippen molar-refractivity contribution in [3.8, 4) is 11.3 Å². The number of thiazole rings is 1. The molecule has 3 aromatic heterocycles. The van der Waals surface area contributed by atoms with Gasteiger partial charge in [-0.15, -0.1) is 11.3 Å². The molecule has 3 fully saturated rings. The highest BCUT2D eigenvalue weighted by atomic mass is 32.1. The zero-order chi connectivity index (χ0) is 22.2. The molecule has 3 aliphatic rings. The van der Waals surface area contributed by atoms with Crippen molar-refractivity contribution >= 4 is 22.4 Å². The molecule has 3 aromatic rings. The molecule has 1 saturated carbocycles. The summed E-state index contributed by atoms with van der Waals surface area (Å²) in [5, 5.41) is 4.70. The quantitative estimate of drug-likeness (QED) is 0.574. The second-order valence-corrected chi connectivity index (χ2v) is 11.0. The standard InChI is InChI=1S/C26H35N5OS/c1-30-9-2-4-24(30)26-29-23(17-33-26)22-16-28-25-21(22)14-19(15-27-25)18-5-7-20(8-6-18)31-10-3-12-32-13-11-31/h14-18,20,24H,2-13H2,1H3,(H,27,28)/t18-,20+,24?. The van der Waals surface area contributed by atoms with Gasteiger partial charge in [0.2, 0.25) is 0 Å². The van der Waals surface area contributed by atoms with E-state index in [1.807, 2.05) is 0 Å². The van der Waals surface area contributed by atoms with Gasteiger partial charge in [0, 0.05) is 54.5 Å². The van der Waals surface area contributed by atoms with E-state index in [0.29, 0.717) is 12.0 Å². The Morgan fingerprint density at radius 3 is 2.82 bits per heavy atom. The van der Waals surface area contributed by atoms with Gasteiger partial charge in [-0.1, -0.05) is 0 Å². The highest BCUT2D eigenvalue weighted by Gasteiger charge is 2.28. The lowest BCUT2D eigenvalue weighted by Gasteiger charge is -2.36. The topological polar surface area (TPSA) is 57.3 Å². The van der Waals surface area contributed by atoms with Crippen molar-refractivity contribution in [3.05, 3.63) is 34.4 Å². The molecule has 5 heterocycles. The minimum atomic E-state index is 0.480. The number of hydrogen-bond donors (Lipinski definition) is 1. The van der Waals surface area contributed by atoms with Gasteiger partial charge in [0.25, 0.3) is 0 Å². The van der Waals surface area contributed by atoms with Gasteiger partial charge in [0.15, 0.2) is 0 Å². The molecular weight excluding hydrogens is 430 g/mol. The predicted octanol–water partition coefficient (Wildman–Crippen LogP) is 5.20. The lowest BCUT2D eigenvalue weighted by atomic mass is 9.81. The third-order valence-electron chi connectivity index (χ3n) is 8.10. The summed E-state index contributed by atoms with van der Waals surface area (Å²) in [5.41, 5.74) is 4.65. The SMILES string of the molecule is CN1CCCC1c1nc(-c2c[nH]c3ncc([C@H]4CC[C@@H](N5CCCOCC5)CC4)cc23)cs1. The molecule has 1 aliphatic carbocycles. The van der Waals surface area contributed by atoms with E-state index >= 15 is 0 Å². The number of fused-ring (bicyclic) bond motifs is 1. The van der Waals surface area contributed by atoms with Crippen LogP contribution < -0.4 is 0 Å². The van der Waals surface area contributed by atoms with Gasteiger partial charge in [-0.25, -0.2) is 9.97 Å². The molecule has 1 unspecified atom stereocenters. The average Bonchev–Trinajstić information content (AvgIpc) is 3.54. The minimum absolute atomic E-state index is 0.480. The minimum Gasteiger partial charge on any atom is -0.380 e. The molecule has 6 rings (SSSR count). The molecule has 0 bridgehead atoms. The number of nitrogens with zero attached hydrogens (tertiary/aromatic N) is 4. The van der Waals surface area contributed by atoms with Crippen molar-refractivity contribution < 1.29 is 4.74 Å². The van der Waals surface area contributed by atoms with Crippen molar-refractivity contribution in [2.24, 2.45) is 0 Å². The number of rotatable bonds is 4. The predicted molar refractivity (Wildman–Crippen MR) is 134 cm³/mol. The third-order valence-corrected chi connectivity index (χ3v) is 9.04. The molecule has 33 heavy (non-hydrogen) atoms. The molecule has 176 valence electrons. The molecule has 2 saturated heterocycles. The van der Waals surface area contributed by atoms with Gasteiger partial charge in [0.05, 0.1) is 18.3 Å². The number of H-pyrrole nitrogens is 1. The van der Waals surface area contributed by atoms with Crippen LogP contribution >= 0.6 is 11.3 Å². The number of likely N-dealkylation sites (tertiary alicyclic amines) is 1. The zero-order valence-electron chi connectivity index (χ0n) is 19.6. The van der Waals surface area contributed by atoms with E-state index in [0.717, 1.165) is 37.1 Å². The van der Waals surface area contributed by atoms with E-state index < -0.39 is 0 Å². The first-order chi connectivity index (χ1) is 16.3. The van der Waals surface area contributed by atoms with E-state index in [1.54, 1.807) is 11.3 Å².